The van der Waals surface area contributed by atoms with Crippen molar-refractivity contribution in [2.45, 2.75) is 31.2 Å². The number of aromatic nitrogens is 2. The highest BCUT2D eigenvalue weighted by Gasteiger charge is 2.47. The van der Waals surface area contributed by atoms with Gasteiger partial charge in [-0.3, -0.25) is 14.3 Å². The quantitative estimate of drug-likeness (QED) is 0.879. The molecule has 1 N–H and O–H groups in total. The normalized spacial score (nSPS) is 20.2. The lowest BCUT2D eigenvalue weighted by Gasteiger charge is -2.25. The molecule has 126 valence electrons. The number of likely N-dealkylation sites (tertiary alicyclic amines) is 1. The van der Waals surface area contributed by atoms with Crippen LogP contribution in [0.1, 0.15) is 24.8 Å². The van der Waals surface area contributed by atoms with Crippen molar-refractivity contribution >= 4 is 11.9 Å². The number of carboxylic acid groups (broad SMARTS) is 1. The molecule has 1 amide bonds. The van der Waals surface area contributed by atoms with Crippen LogP contribution in [0.4, 0.5) is 0 Å². The molecular formula is C18H21N3O3. The monoisotopic (exact) mass is 327 g/mol. The highest BCUT2D eigenvalue weighted by molar-refractivity contribution is 5.85. The molecule has 6 nitrogen and oxygen atoms in total. The molecule has 0 saturated carbocycles. The van der Waals surface area contributed by atoms with Gasteiger partial charge in [-0.25, -0.2) is 0 Å². The zero-order valence-corrected chi connectivity index (χ0v) is 13.5. The molecule has 2 heterocycles. The van der Waals surface area contributed by atoms with E-state index >= 15 is 0 Å². The van der Waals surface area contributed by atoms with E-state index in [1.807, 2.05) is 42.6 Å². The van der Waals surface area contributed by atoms with Gasteiger partial charge in [-0.05, 0) is 24.5 Å². The standard InChI is InChI=1S/C18H21N3O3/c22-16(8-4-11-21-12-5-10-19-21)20-13-9-18(14-20,17(23)24)15-6-2-1-3-7-15/h1-3,5-7,10,12H,4,8-9,11,13-14H2,(H,23,24)/t18-/m0/s1. The molecule has 3 rings (SSSR count). The van der Waals surface area contributed by atoms with Crippen LogP contribution in [-0.2, 0) is 21.5 Å². The first kappa shape index (κ1) is 16.2. The number of carbonyl (C=O) groups excluding carboxylic acids is 1. The van der Waals surface area contributed by atoms with E-state index < -0.39 is 11.4 Å². The second-order valence-corrected chi connectivity index (χ2v) is 6.19. The topological polar surface area (TPSA) is 75.4 Å². The van der Waals surface area contributed by atoms with Crippen LogP contribution in [-0.4, -0.2) is 44.8 Å². The molecule has 1 saturated heterocycles. The Morgan fingerprint density at radius 3 is 2.67 bits per heavy atom. The zero-order valence-electron chi connectivity index (χ0n) is 13.5. The molecule has 2 aromatic rings. The second kappa shape index (κ2) is 6.86. The van der Waals surface area contributed by atoms with E-state index in [0.717, 1.165) is 5.56 Å². The Bertz CT molecular complexity index is 700. The van der Waals surface area contributed by atoms with Crippen molar-refractivity contribution in [3.05, 3.63) is 54.4 Å². The zero-order chi connectivity index (χ0) is 17.0. The lowest BCUT2D eigenvalue weighted by molar-refractivity contribution is -0.143. The second-order valence-electron chi connectivity index (χ2n) is 6.19. The van der Waals surface area contributed by atoms with Gasteiger partial charge in [0, 0.05) is 38.4 Å². The number of rotatable bonds is 6. The molecule has 1 aromatic heterocycles. The van der Waals surface area contributed by atoms with Crippen molar-refractivity contribution in [2.75, 3.05) is 13.1 Å². The molecule has 1 fully saturated rings. The smallest absolute Gasteiger partial charge is 0.316 e. The minimum atomic E-state index is -0.987. The Balaban J connectivity index is 1.62. The molecule has 1 atom stereocenters. The van der Waals surface area contributed by atoms with Crippen LogP contribution < -0.4 is 0 Å². The van der Waals surface area contributed by atoms with Gasteiger partial charge in [0.1, 0.15) is 5.41 Å². The summed E-state index contributed by atoms with van der Waals surface area (Å²) in [5.41, 5.74) is -0.219. The Morgan fingerprint density at radius 1 is 1.21 bits per heavy atom. The highest BCUT2D eigenvalue weighted by atomic mass is 16.4. The predicted octanol–water partition coefficient (Wildman–Crippen LogP) is 1.92. The van der Waals surface area contributed by atoms with E-state index in [4.69, 9.17) is 0 Å². The van der Waals surface area contributed by atoms with Gasteiger partial charge < -0.3 is 10.0 Å². The first-order valence-corrected chi connectivity index (χ1v) is 8.16. The third-order valence-electron chi connectivity index (χ3n) is 4.69. The van der Waals surface area contributed by atoms with Gasteiger partial charge in [0.15, 0.2) is 0 Å². The van der Waals surface area contributed by atoms with Crippen molar-refractivity contribution < 1.29 is 14.7 Å². The van der Waals surface area contributed by atoms with Gasteiger partial charge in [0.25, 0.3) is 0 Å². The van der Waals surface area contributed by atoms with Crippen molar-refractivity contribution in [2.24, 2.45) is 0 Å². The van der Waals surface area contributed by atoms with Crippen LogP contribution in [0.3, 0.4) is 0 Å². The summed E-state index contributed by atoms with van der Waals surface area (Å²) in [6, 6.07) is 11.1. The maximum atomic E-state index is 12.4. The molecule has 0 unspecified atom stereocenters. The molecule has 0 aliphatic carbocycles. The fourth-order valence-electron chi connectivity index (χ4n) is 3.30. The number of amides is 1. The van der Waals surface area contributed by atoms with Gasteiger partial charge in [-0.15, -0.1) is 0 Å². The fraction of sp³-hybridized carbons (Fsp3) is 0.389. The third-order valence-corrected chi connectivity index (χ3v) is 4.69. The Morgan fingerprint density at radius 2 is 2.00 bits per heavy atom. The van der Waals surface area contributed by atoms with Crippen LogP contribution in [0.2, 0.25) is 0 Å². The van der Waals surface area contributed by atoms with E-state index in [1.54, 1.807) is 15.8 Å². The number of carbonyl (C=O) groups is 2. The van der Waals surface area contributed by atoms with Crippen molar-refractivity contribution in [1.82, 2.24) is 14.7 Å². The number of hydrogen-bond donors (Lipinski definition) is 1. The molecule has 24 heavy (non-hydrogen) atoms. The lowest BCUT2D eigenvalue weighted by Crippen LogP contribution is -2.40. The van der Waals surface area contributed by atoms with Gasteiger partial charge in [-0.2, -0.15) is 5.10 Å². The van der Waals surface area contributed by atoms with Crippen LogP contribution in [0.25, 0.3) is 0 Å². The number of benzene rings is 1. The van der Waals surface area contributed by atoms with E-state index in [1.165, 1.54) is 0 Å². The van der Waals surface area contributed by atoms with Gasteiger partial charge >= 0.3 is 5.97 Å². The highest BCUT2D eigenvalue weighted by Crippen LogP contribution is 2.35. The summed E-state index contributed by atoms with van der Waals surface area (Å²) < 4.78 is 1.79. The lowest BCUT2D eigenvalue weighted by atomic mass is 9.80. The van der Waals surface area contributed by atoms with E-state index in [9.17, 15) is 14.7 Å². The molecule has 6 heteroatoms. The largest absolute Gasteiger partial charge is 0.481 e. The minimum Gasteiger partial charge on any atom is -0.481 e. The summed E-state index contributed by atoms with van der Waals surface area (Å²) >= 11 is 0. The Labute approximate surface area is 140 Å². The molecule has 0 radical (unpaired) electrons. The van der Waals surface area contributed by atoms with Crippen molar-refractivity contribution in [3.63, 3.8) is 0 Å². The summed E-state index contributed by atoms with van der Waals surface area (Å²) in [7, 11) is 0. The average molecular weight is 327 g/mol. The number of carboxylic acids is 1. The minimum absolute atomic E-state index is 0.0150. The summed E-state index contributed by atoms with van der Waals surface area (Å²) in [4.78, 5) is 26.0. The fourth-order valence-corrected chi connectivity index (χ4v) is 3.30. The number of nitrogens with zero attached hydrogens (tertiary/aromatic N) is 3. The average Bonchev–Trinajstić information content (AvgIpc) is 3.26. The molecule has 1 aliphatic heterocycles. The molecule has 1 aromatic carbocycles. The predicted molar refractivity (Wildman–Crippen MR) is 88.4 cm³/mol. The van der Waals surface area contributed by atoms with Crippen LogP contribution >= 0.6 is 0 Å². The Kier molecular flexibility index (Phi) is 4.64. The summed E-state index contributed by atoms with van der Waals surface area (Å²) in [5, 5.41) is 13.9. The van der Waals surface area contributed by atoms with Gasteiger partial charge in [-0.1, -0.05) is 30.3 Å². The number of aliphatic carboxylic acids is 1. The first-order valence-electron chi connectivity index (χ1n) is 8.16. The van der Waals surface area contributed by atoms with E-state index in [2.05, 4.69) is 5.10 Å². The van der Waals surface area contributed by atoms with Crippen LogP contribution in [0.15, 0.2) is 48.8 Å². The van der Waals surface area contributed by atoms with Gasteiger partial charge in [0.2, 0.25) is 5.91 Å². The van der Waals surface area contributed by atoms with E-state index in [0.29, 0.717) is 32.4 Å². The first-order chi connectivity index (χ1) is 11.6. The van der Waals surface area contributed by atoms with Gasteiger partial charge in [0.05, 0.1) is 0 Å². The maximum Gasteiger partial charge on any atom is 0.316 e. The summed E-state index contributed by atoms with van der Waals surface area (Å²) in [5.74, 6) is -0.846. The van der Waals surface area contributed by atoms with E-state index in [-0.39, 0.29) is 12.5 Å². The van der Waals surface area contributed by atoms with Crippen molar-refractivity contribution in [3.8, 4) is 0 Å². The molecule has 1 aliphatic rings. The maximum absolute atomic E-state index is 12.4. The SMILES string of the molecule is O=C(CCCn1cccn1)N1CC[C@@](C(=O)O)(c2ccccc2)C1. The van der Waals surface area contributed by atoms with Crippen LogP contribution in [0, 0.1) is 0 Å². The number of hydrogen-bond acceptors (Lipinski definition) is 3. The van der Waals surface area contributed by atoms with Crippen LogP contribution in [0.5, 0.6) is 0 Å². The van der Waals surface area contributed by atoms with Crippen molar-refractivity contribution in [1.29, 1.82) is 0 Å². The summed E-state index contributed by atoms with van der Waals surface area (Å²) in [6.45, 7) is 1.42. The molecule has 0 spiro atoms. The third kappa shape index (κ3) is 3.18. The Hall–Kier alpha value is -2.63. The molecular weight excluding hydrogens is 306 g/mol. The summed E-state index contributed by atoms with van der Waals surface area (Å²) in [6.07, 6.45) is 5.14. The molecule has 0 bridgehead atoms. The number of aryl methyl sites for hydroxylation is 1.